The summed E-state index contributed by atoms with van der Waals surface area (Å²) in [6.07, 6.45) is 5.89. The van der Waals surface area contributed by atoms with E-state index in [9.17, 15) is 14.0 Å². The van der Waals surface area contributed by atoms with Gasteiger partial charge in [0, 0.05) is 38.3 Å². The quantitative estimate of drug-likeness (QED) is 0.735. The van der Waals surface area contributed by atoms with E-state index in [-0.39, 0.29) is 17.6 Å². The third-order valence-corrected chi connectivity index (χ3v) is 7.01. The minimum Gasteiger partial charge on any atom is -0.337 e. The number of hydrogen-bond donors (Lipinski definition) is 0. The van der Waals surface area contributed by atoms with Crippen molar-refractivity contribution < 1.29 is 14.0 Å². The summed E-state index contributed by atoms with van der Waals surface area (Å²) in [5.74, 6) is -0.571. The second-order valence-corrected chi connectivity index (χ2v) is 9.11. The average Bonchev–Trinajstić information content (AvgIpc) is 3.26. The van der Waals surface area contributed by atoms with Gasteiger partial charge in [-0.1, -0.05) is 18.6 Å². The lowest BCUT2D eigenvalue weighted by Crippen LogP contribution is -2.48. The number of aromatic nitrogens is 2. The summed E-state index contributed by atoms with van der Waals surface area (Å²) in [5.41, 5.74) is 1.52. The van der Waals surface area contributed by atoms with E-state index in [2.05, 4.69) is 10.00 Å². The molecule has 5 rings (SSSR count). The lowest BCUT2D eigenvalue weighted by atomic mass is 9.99. The molecule has 3 aliphatic rings. The van der Waals surface area contributed by atoms with Gasteiger partial charge in [-0.15, -0.1) is 0 Å². The minimum atomic E-state index is -0.311. The molecule has 4 heterocycles. The molecular formula is C24H30FN5O2. The van der Waals surface area contributed by atoms with Crippen molar-refractivity contribution in [3.05, 3.63) is 53.1 Å². The van der Waals surface area contributed by atoms with Crippen molar-refractivity contribution >= 4 is 11.8 Å². The highest BCUT2D eigenvalue weighted by Gasteiger charge is 2.32. The molecular weight excluding hydrogens is 409 g/mol. The van der Waals surface area contributed by atoms with Crippen molar-refractivity contribution in [1.82, 2.24) is 24.5 Å². The van der Waals surface area contributed by atoms with E-state index >= 15 is 0 Å². The fourth-order valence-corrected chi connectivity index (χ4v) is 5.23. The van der Waals surface area contributed by atoms with Crippen molar-refractivity contribution in [2.24, 2.45) is 0 Å². The molecule has 2 aromatic rings. The summed E-state index contributed by atoms with van der Waals surface area (Å²) in [7, 11) is 0. The molecule has 0 unspecified atom stereocenters. The van der Waals surface area contributed by atoms with Crippen LogP contribution in [0.3, 0.4) is 0 Å². The maximum absolute atomic E-state index is 13.5. The number of carbonyl (C=O) groups is 2. The van der Waals surface area contributed by atoms with Crippen LogP contribution in [0.4, 0.5) is 4.39 Å². The van der Waals surface area contributed by atoms with Crippen molar-refractivity contribution in [3.8, 4) is 0 Å². The van der Waals surface area contributed by atoms with Gasteiger partial charge in [0.2, 0.25) is 0 Å². The van der Waals surface area contributed by atoms with Gasteiger partial charge in [-0.3, -0.25) is 14.3 Å². The van der Waals surface area contributed by atoms with E-state index in [1.54, 1.807) is 21.7 Å². The molecule has 170 valence electrons. The standard InChI is InChI=1S/C24H30FN5O2/c25-19-6-4-5-18(15-19)17-29-13-14-30-22(24(29)32)16-21(26-30)23(31)28-11-7-20(8-12-28)27-9-2-1-3-10-27/h4-6,15-16,20H,1-3,7-14,17H2. The first-order valence-corrected chi connectivity index (χ1v) is 11.7. The van der Waals surface area contributed by atoms with Crippen molar-refractivity contribution in [2.45, 2.75) is 51.2 Å². The molecule has 32 heavy (non-hydrogen) atoms. The highest BCUT2D eigenvalue weighted by Crippen LogP contribution is 2.23. The fourth-order valence-electron chi connectivity index (χ4n) is 5.23. The van der Waals surface area contributed by atoms with Gasteiger partial charge in [-0.2, -0.15) is 5.10 Å². The predicted molar refractivity (Wildman–Crippen MR) is 118 cm³/mol. The summed E-state index contributed by atoms with van der Waals surface area (Å²) in [5, 5.41) is 4.45. The zero-order valence-corrected chi connectivity index (χ0v) is 18.4. The Kier molecular flexibility index (Phi) is 5.95. The van der Waals surface area contributed by atoms with Gasteiger partial charge in [0.05, 0.1) is 6.54 Å². The Morgan fingerprint density at radius 2 is 1.78 bits per heavy atom. The molecule has 0 saturated carbocycles. The highest BCUT2D eigenvalue weighted by atomic mass is 19.1. The number of fused-ring (bicyclic) bond motifs is 1. The Labute approximate surface area is 187 Å². The van der Waals surface area contributed by atoms with Crippen LogP contribution >= 0.6 is 0 Å². The number of halogens is 1. The van der Waals surface area contributed by atoms with Crippen LogP contribution in [-0.4, -0.2) is 75.1 Å². The first-order valence-electron chi connectivity index (χ1n) is 11.7. The molecule has 1 aromatic carbocycles. The lowest BCUT2D eigenvalue weighted by Gasteiger charge is -2.40. The van der Waals surface area contributed by atoms with Crippen LogP contribution in [0.2, 0.25) is 0 Å². The van der Waals surface area contributed by atoms with Gasteiger partial charge in [0.1, 0.15) is 11.5 Å². The Balaban J connectivity index is 1.22. The van der Waals surface area contributed by atoms with Crippen LogP contribution in [0.5, 0.6) is 0 Å². The largest absolute Gasteiger partial charge is 0.337 e. The number of rotatable bonds is 4. The second-order valence-electron chi connectivity index (χ2n) is 9.11. The monoisotopic (exact) mass is 439 g/mol. The molecule has 0 radical (unpaired) electrons. The first kappa shape index (κ1) is 21.1. The predicted octanol–water partition coefficient (Wildman–Crippen LogP) is 2.77. The number of amides is 2. The summed E-state index contributed by atoms with van der Waals surface area (Å²) >= 11 is 0. The van der Waals surface area contributed by atoms with Crippen LogP contribution < -0.4 is 0 Å². The average molecular weight is 440 g/mol. The number of hydrogen-bond acceptors (Lipinski definition) is 4. The summed E-state index contributed by atoms with van der Waals surface area (Å²) in [6, 6.07) is 8.50. The molecule has 0 aliphatic carbocycles. The minimum absolute atomic E-state index is 0.0894. The van der Waals surface area contributed by atoms with E-state index in [1.807, 2.05) is 11.0 Å². The summed E-state index contributed by atoms with van der Waals surface area (Å²) in [4.78, 5) is 32.2. The topological polar surface area (TPSA) is 61.7 Å². The molecule has 2 fully saturated rings. The Morgan fingerprint density at radius 1 is 1.00 bits per heavy atom. The number of nitrogens with zero attached hydrogens (tertiary/aromatic N) is 5. The molecule has 2 saturated heterocycles. The van der Waals surface area contributed by atoms with Crippen molar-refractivity contribution in [2.75, 3.05) is 32.7 Å². The zero-order chi connectivity index (χ0) is 22.1. The number of carbonyl (C=O) groups excluding carboxylic acids is 2. The molecule has 7 nitrogen and oxygen atoms in total. The smallest absolute Gasteiger partial charge is 0.274 e. The molecule has 0 atom stereocenters. The molecule has 3 aliphatic heterocycles. The van der Waals surface area contributed by atoms with E-state index < -0.39 is 0 Å². The Morgan fingerprint density at radius 3 is 2.53 bits per heavy atom. The first-order chi connectivity index (χ1) is 15.6. The molecule has 2 amide bonds. The van der Waals surface area contributed by atoms with Crippen LogP contribution in [0.1, 0.15) is 58.6 Å². The highest BCUT2D eigenvalue weighted by molar-refractivity contribution is 5.98. The van der Waals surface area contributed by atoms with E-state index in [1.165, 1.54) is 44.5 Å². The van der Waals surface area contributed by atoms with E-state index in [0.29, 0.717) is 37.1 Å². The number of piperidine rings is 2. The normalized spacial score (nSPS) is 20.5. The maximum Gasteiger partial charge on any atom is 0.274 e. The maximum atomic E-state index is 13.5. The molecule has 8 heteroatoms. The van der Waals surface area contributed by atoms with Gasteiger partial charge >= 0.3 is 0 Å². The van der Waals surface area contributed by atoms with Crippen molar-refractivity contribution in [3.63, 3.8) is 0 Å². The van der Waals surface area contributed by atoms with E-state index in [0.717, 1.165) is 31.5 Å². The fraction of sp³-hybridized carbons (Fsp3) is 0.542. The second kappa shape index (κ2) is 9.02. The third-order valence-electron chi connectivity index (χ3n) is 7.01. The van der Waals surface area contributed by atoms with Gasteiger partial charge in [-0.25, -0.2) is 4.39 Å². The number of likely N-dealkylation sites (tertiary alicyclic amines) is 2. The van der Waals surface area contributed by atoms with Crippen LogP contribution in [0.25, 0.3) is 0 Å². The lowest BCUT2D eigenvalue weighted by molar-refractivity contribution is 0.0582. The van der Waals surface area contributed by atoms with Gasteiger partial charge in [0.15, 0.2) is 5.69 Å². The van der Waals surface area contributed by atoms with Gasteiger partial charge < -0.3 is 14.7 Å². The SMILES string of the molecule is O=C(c1cc2n(n1)CCN(Cc1cccc(F)c1)C2=O)N1CCC(N2CCCCC2)CC1. The summed E-state index contributed by atoms with van der Waals surface area (Å²) in [6.45, 7) is 5.19. The van der Waals surface area contributed by atoms with E-state index in [4.69, 9.17) is 0 Å². The Bertz CT molecular complexity index is 992. The Hall–Kier alpha value is -2.74. The van der Waals surface area contributed by atoms with Gasteiger partial charge in [-0.05, 0) is 56.5 Å². The molecule has 1 aromatic heterocycles. The zero-order valence-electron chi connectivity index (χ0n) is 18.4. The third kappa shape index (κ3) is 4.28. The molecule has 0 bridgehead atoms. The van der Waals surface area contributed by atoms with Crippen LogP contribution in [0, 0.1) is 5.82 Å². The van der Waals surface area contributed by atoms with Crippen molar-refractivity contribution in [1.29, 1.82) is 0 Å². The van der Waals surface area contributed by atoms with Crippen LogP contribution in [-0.2, 0) is 13.1 Å². The molecule has 0 spiro atoms. The summed E-state index contributed by atoms with van der Waals surface area (Å²) < 4.78 is 15.1. The van der Waals surface area contributed by atoms with Crippen LogP contribution in [0.15, 0.2) is 30.3 Å². The van der Waals surface area contributed by atoms with Gasteiger partial charge in [0.25, 0.3) is 11.8 Å². The number of benzene rings is 1. The molecule has 0 N–H and O–H groups in total.